The molecule has 1 nitrogen and oxygen atoms in total. The maximum absolute atomic E-state index is 13.0. The van der Waals surface area contributed by atoms with Crippen LogP contribution in [-0.4, -0.2) is 17.9 Å². The van der Waals surface area contributed by atoms with Crippen LogP contribution in [0.4, 0.5) is 17.6 Å². The second-order valence-corrected chi connectivity index (χ2v) is 4.79. The number of rotatable bonds is 5. The normalized spacial score (nSPS) is 11.6. The Morgan fingerprint density at radius 2 is 1.94 bits per heavy atom. The van der Waals surface area contributed by atoms with E-state index in [1.165, 1.54) is 6.07 Å². The highest BCUT2D eigenvalue weighted by Crippen LogP contribution is 2.29. The van der Waals surface area contributed by atoms with Crippen molar-refractivity contribution in [3.63, 3.8) is 0 Å². The van der Waals surface area contributed by atoms with E-state index in [1.807, 2.05) is 0 Å². The molecule has 0 amide bonds. The van der Waals surface area contributed by atoms with Crippen molar-refractivity contribution in [1.29, 1.82) is 0 Å². The lowest BCUT2D eigenvalue weighted by Gasteiger charge is -2.08. The van der Waals surface area contributed by atoms with E-state index in [4.69, 9.17) is 4.74 Å². The molecule has 0 aromatic heterocycles. The average Bonchev–Trinajstić information content (AvgIpc) is 2.22. The number of hydrogen-bond acceptors (Lipinski definition) is 2. The molecule has 0 N–H and O–H groups in total. The number of hydrogen-bond donors (Lipinski definition) is 0. The molecule has 17 heavy (non-hydrogen) atoms. The molecule has 0 bridgehead atoms. The molecule has 1 aromatic carbocycles. The fourth-order valence-corrected chi connectivity index (χ4v) is 1.82. The highest BCUT2D eigenvalue weighted by molar-refractivity contribution is 9.08. The molecule has 0 saturated heterocycles. The van der Waals surface area contributed by atoms with Crippen LogP contribution in [-0.2, 0) is 5.33 Å². The molecular formula is C10H9BrF4OS. The van der Waals surface area contributed by atoms with E-state index < -0.39 is 11.3 Å². The predicted octanol–water partition coefficient (Wildman–Crippen LogP) is 4.35. The minimum atomic E-state index is -4.26. The van der Waals surface area contributed by atoms with Crippen LogP contribution in [0.15, 0.2) is 18.2 Å². The monoisotopic (exact) mass is 332 g/mol. The zero-order chi connectivity index (χ0) is 12.9. The lowest BCUT2D eigenvalue weighted by atomic mass is 10.2. The maximum Gasteiger partial charge on any atom is 0.441 e. The molecule has 1 rings (SSSR count). The Hall–Kier alpha value is -0.430. The fraction of sp³-hybridized carbons (Fsp3) is 0.400. The van der Waals surface area contributed by atoms with Crippen LogP contribution < -0.4 is 4.74 Å². The summed E-state index contributed by atoms with van der Waals surface area (Å²) in [7, 11) is 0. The Balaban J connectivity index is 2.44. The van der Waals surface area contributed by atoms with E-state index in [1.54, 1.807) is 6.07 Å². The van der Waals surface area contributed by atoms with Gasteiger partial charge in [-0.3, -0.25) is 0 Å². The Morgan fingerprint density at radius 3 is 2.53 bits per heavy atom. The second-order valence-electron chi connectivity index (χ2n) is 3.07. The van der Waals surface area contributed by atoms with Crippen LogP contribution in [0, 0.1) is 5.82 Å². The quantitative estimate of drug-likeness (QED) is 0.450. The third-order valence-electron chi connectivity index (χ3n) is 1.70. The van der Waals surface area contributed by atoms with Gasteiger partial charge in [-0.1, -0.05) is 15.9 Å². The van der Waals surface area contributed by atoms with Crippen molar-refractivity contribution in [3.05, 3.63) is 29.6 Å². The van der Waals surface area contributed by atoms with Crippen molar-refractivity contribution in [1.82, 2.24) is 0 Å². The Kier molecular flexibility index (Phi) is 5.58. The summed E-state index contributed by atoms with van der Waals surface area (Å²) in [5.74, 6) is -0.452. The highest BCUT2D eigenvalue weighted by atomic mass is 79.9. The number of ether oxygens (including phenoxy) is 1. The van der Waals surface area contributed by atoms with Crippen molar-refractivity contribution in [2.45, 2.75) is 10.8 Å². The van der Waals surface area contributed by atoms with Crippen molar-refractivity contribution >= 4 is 27.7 Å². The maximum atomic E-state index is 13.0. The van der Waals surface area contributed by atoms with Gasteiger partial charge in [-0.25, -0.2) is 4.39 Å². The van der Waals surface area contributed by atoms with Crippen LogP contribution in [0.1, 0.15) is 5.56 Å². The molecular weight excluding hydrogens is 324 g/mol. The number of benzene rings is 1. The van der Waals surface area contributed by atoms with Crippen LogP contribution in [0.25, 0.3) is 0 Å². The summed E-state index contributed by atoms with van der Waals surface area (Å²) in [5, 5.41) is 0.457. The van der Waals surface area contributed by atoms with Gasteiger partial charge in [-0.2, -0.15) is 13.2 Å². The van der Waals surface area contributed by atoms with Gasteiger partial charge in [-0.05, 0) is 29.5 Å². The standard InChI is InChI=1S/C10H9BrF4OS/c11-6-7-3-8(12)5-9(4-7)16-1-2-17-10(13,14)15/h3-5H,1-2,6H2. The lowest BCUT2D eigenvalue weighted by Crippen LogP contribution is -2.07. The summed E-state index contributed by atoms with van der Waals surface area (Å²) < 4.78 is 53.5. The van der Waals surface area contributed by atoms with Crippen molar-refractivity contribution in [2.75, 3.05) is 12.4 Å². The van der Waals surface area contributed by atoms with Gasteiger partial charge >= 0.3 is 5.51 Å². The molecule has 0 atom stereocenters. The number of thioether (sulfide) groups is 1. The van der Waals surface area contributed by atoms with E-state index in [2.05, 4.69) is 15.9 Å². The van der Waals surface area contributed by atoms with Crippen LogP contribution in [0.5, 0.6) is 5.75 Å². The molecule has 0 aliphatic carbocycles. The van der Waals surface area contributed by atoms with Gasteiger partial charge in [0.05, 0.1) is 6.61 Å². The Bertz CT molecular complexity index is 370. The van der Waals surface area contributed by atoms with Gasteiger partial charge in [-0.15, -0.1) is 0 Å². The Morgan fingerprint density at radius 1 is 1.24 bits per heavy atom. The first-order chi connectivity index (χ1) is 7.90. The first kappa shape index (κ1) is 14.6. The molecule has 0 aliphatic rings. The first-order valence-corrected chi connectivity index (χ1v) is 6.70. The van der Waals surface area contributed by atoms with Crippen LogP contribution >= 0.6 is 27.7 Å². The van der Waals surface area contributed by atoms with Crippen molar-refractivity contribution in [3.8, 4) is 5.75 Å². The first-order valence-electron chi connectivity index (χ1n) is 4.59. The minimum absolute atomic E-state index is 0.116. The van der Waals surface area contributed by atoms with E-state index >= 15 is 0 Å². The van der Waals surface area contributed by atoms with Crippen LogP contribution in [0.2, 0.25) is 0 Å². The molecule has 0 saturated carbocycles. The smallest absolute Gasteiger partial charge is 0.441 e. The highest BCUT2D eigenvalue weighted by Gasteiger charge is 2.27. The van der Waals surface area contributed by atoms with Gasteiger partial charge in [0, 0.05) is 17.1 Å². The van der Waals surface area contributed by atoms with Gasteiger partial charge in [0.2, 0.25) is 0 Å². The van der Waals surface area contributed by atoms with E-state index in [0.29, 0.717) is 10.9 Å². The topological polar surface area (TPSA) is 9.23 Å². The molecule has 0 fully saturated rings. The Labute approximate surface area is 109 Å². The summed E-state index contributed by atoms with van der Waals surface area (Å²) in [6.45, 7) is -0.116. The van der Waals surface area contributed by atoms with Gasteiger partial charge < -0.3 is 4.74 Å². The minimum Gasteiger partial charge on any atom is -0.493 e. The van der Waals surface area contributed by atoms with E-state index in [-0.39, 0.29) is 29.9 Å². The molecule has 7 heteroatoms. The molecule has 1 aromatic rings. The third-order valence-corrected chi connectivity index (χ3v) is 3.05. The number of halogens is 5. The van der Waals surface area contributed by atoms with Gasteiger partial charge in [0.1, 0.15) is 11.6 Å². The lowest BCUT2D eigenvalue weighted by molar-refractivity contribution is -0.0329. The largest absolute Gasteiger partial charge is 0.493 e. The summed E-state index contributed by atoms with van der Waals surface area (Å²) >= 11 is 3.00. The van der Waals surface area contributed by atoms with Gasteiger partial charge in [0.25, 0.3) is 0 Å². The zero-order valence-corrected chi connectivity index (χ0v) is 11.0. The van der Waals surface area contributed by atoms with E-state index in [9.17, 15) is 17.6 Å². The third kappa shape index (κ3) is 6.16. The molecule has 0 unspecified atom stereocenters. The van der Waals surface area contributed by atoms with E-state index in [0.717, 1.165) is 6.07 Å². The molecule has 0 aliphatic heterocycles. The zero-order valence-electron chi connectivity index (χ0n) is 8.56. The molecule has 0 radical (unpaired) electrons. The average molecular weight is 333 g/mol. The van der Waals surface area contributed by atoms with Gasteiger partial charge in [0.15, 0.2) is 0 Å². The summed E-state index contributed by atoms with van der Waals surface area (Å²) in [6.07, 6.45) is 0. The summed E-state index contributed by atoms with van der Waals surface area (Å²) in [5.41, 5.74) is -3.59. The predicted molar refractivity (Wildman–Crippen MR) is 63.0 cm³/mol. The molecule has 0 spiro atoms. The van der Waals surface area contributed by atoms with Crippen LogP contribution in [0.3, 0.4) is 0 Å². The SMILES string of the molecule is Fc1cc(CBr)cc(OCCSC(F)(F)F)c1. The fourth-order valence-electron chi connectivity index (χ4n) is 1.10. The summed E-state index contributed by atoms with van der Waals surface area (Å²) in [6, 6.07) is 4.05. The molecule has 96 valence electrons. The second kappa shape index (κ2) is 6.49. The van der Waals surface area contributed by atoms with Crippen molar-refractivity contribution < 1.29 is 22.3 Å². The number of alkyl halides is 4. The summed E-state index contributed by atoms with van der Waals surface area (Å²) in [4.78, 5) is 0. The van der Waals surface area contributed by atoms with Crippen molar-refractivity contribution in [2.24, 2.45) is 0 Å². The molecule has 0 heterocycles.